The van der Waals surface area contributed by atoms with Crippen LogP contribution in [0, 0.1) is 26.2 Å². The molecule has 0 unspecified atom stereocenters. The van der Waals surface area contributed by atoms with E-state index in [-0.39, 0.29) is 5.41 Å². The van der Waals surface area contributed by atoms with Crippen LogP contribution < -0.4 is 4.57 Å². The monoisotopic (exact) mass is 411 g/mol. The Bertz CT molecular complexity index is 1270. The summed E-state index contributed by atoms with van der Waals surface area (Å²) < 4.78 is 2.12. The van der Waals surface area contributed by atoms with E-state index >= 15 is 0 Å². The maximum absolute atomic E-state index is 4.66. The van der Waals surface area contributed by atoms with Gasteiger partial charge in [0, 0.05) is 29.9 Å². The fourth-order valence-electron chi connectivity index (χ4n) is 4.10. The number of hydrogen-bond acceptors (Lipinski definition) is 3. The molecule has 4 rings (SSSR count). The lowest BCUT2D eigenvalue weighted by molar-refractivity contribution is -0.662. The Kier molecular flexibility index (Phi) is 5.34. The third kappa shape index (κ3) is 4.34. The molecule has 0 bridgehead atoms. The summed E-state index contributed by atoms with van der Waals surface area (Å²) in [5.74, 6) is 0.886. The molecule has 4 aromatic rings. The van der Waals surface area contributed by atoms with Crippen molar-refractivity contribution in [1.29, 1.82) is 0 Å². The SMILES string of the molecule is Cc1cc(C)c(C)c(-c2c3cc(-c4cnc(CC(C)(C)C)nc4)ccc3nc[n+]2C)c1. The molecular formula is C27H31N4+. The molecule has 0 spiro atoms. The van der Waals surface area contributed by atoms with E-state index in [4.69, 9.17) is 0 Å². The van der Waals surface area contributed by atoms with Gasteiger partial charge in [-0.1, -0.05) is 32.4 Å². The molecule has 158 valence electrons. The molecule has 2 aromatic heterocycles. The van der Waals surface area contributed by atoms with E-state index in [0.717, 1.165) is 34.3 Å². The summed E-state index contributed by atoms with van der Waals surface area (Å²) in [7, 11) is 2.07. The van der Waals surface area contributed by atoms with Crippen LogP contribution in [0.25, 0.3) is 33.3 Å². The van der Waals surface area contributed by atoms with Crippen LogP contribution in [0.4, 0.5) is 0 Å². The largest absolute Gasteiger partial charge is 0.287 e. The normalized spacial score (nSPS) is 11.8. The molecule has 0 aliphatic heterocycles. The molecule has 2 heterocycles. The second kappa shape index (κ2) is 7.84. The summed E-state index contributed by atoms with van der Waals surface area (Å²) in [4.78, 5) is 13.9. The molecule has 0 N–H and O–H groups in total. The summed E-state index contributed by atoms with van der Waals surface area (Å²) in [5, 5.41) is 1.13. The summed E-state index contributed by atoms with van der Waals surface area (Å²) >= 11 is 0. The van der Waals surface area contributed by atoms with Crippen LogP contribution in [0.1, 0.15) is 43.3 Å². The lowest BCUT2D eigenvalue weighted by Crippen LogP contribution is -2.32. The number of benzene rings is 2. The van der Waals surface area contributed by atoms with Crippen molar-refractivity contribution in [1.82, 2.24) is 15.0 Å². The number of aromatic nitrogens is 4. The van der Waals surface area contributed by atoms with Gasteiger partial charge in [0.1, 0.15) is 11.5 Å². The molecule has 4 heteroatoms. The molecule has 31 heavy (non-hydrogen) atoms. The van der Waals surface area contributed by atoms with Crippen molar-refractivity contribution in [3.05, 3.63) is 71.6 Å². The van der Waals surface area contributed by atoms with Gasteiger partial charge in [-0.15, -0.1) is 0 Å². The Morgan fingerprint density at radius 3 is 2.26 bits per heavy atom. The molecule has 0 fully saturated rings. The van der Waals surface area contributed by atoms with Crippen molar-refractivity contribution in [2.45, 2.75) is 48.0 Å². The van der Waals surface area contributed by atoms with Gasteiger partial charge in [-0.3, -0.25) is 0 Å². The maximum atomic E-state index is 4.66. The van der Waals surface area contributed by atoms with Gasteiger partial charge in [-0.05, 0) is 72.1 Å². The number of hydrogen-bond donors (Lipinski definition) is 0. The van der Waals surface area contributed by atoms with Crippen molar-refractivity contribution in [3.8, 4) is 22.4 Å². The Hall–Kier alpha value is -3.14. The zero-order valence-electron chi connectivity index (χ0n) is 19.6. The standard InChI is InChI=1S/C27H31N4/c1-17-10-18(2)19(3)22(11-17)26-23-12-20(8-9-24(23)30-16-31(26)7)21-14-28-25(29-15-21)13-27(4,5)6/h8-12,14-16H,13H2,1-7H3/q+1. The van der Waals surface area contributed by atoms with Crippen LogP contribution in [-0.4, -0.2) is 15.0 Å². The Morgan fingerprint density at radius 2 is 1.58 bits per heavy atom. The minimum atomic E-state index is 0.170. The third-order valence-corrected chi connectivity index (χ3v) is 5.77. The van der Waals surface area contributed by atoms with Gasteiger partial charge in [0.25, 0.3) is 6.33 Å². The van der Waals surface area contributed by atoms with Gasteiger partial charge in [-0.25, -0.2) is 14.5 Å². The predicted octanol–water partition coefficient (Wildman–Crippen LogP) is 5.70. The predicted molar refractivity (Wildman–Crippen MR) is 127 cm³/mol. The van der Waals surface area contributed by atoms with E-state index in [2.05, 4.69) is 98.4 Å². The zero-order chi connectivity index (χ0) is 22.3. The van der Waals surface area contributed by atoms with Crippen LogP contribution in [0.3, 0.4) is 0 Å². The van der Waals surface area contributed by atoms with Gasteiger partial charge < -0.3 is 0 Å². The van der Waals surface area contributed by atoms with Crippen LogP contribution in [0.2, 0.25) is 0 Å². The highest BCUT2D eigenvalue weighted by Crippen LogP contribution is 2.32. The summed E-state index contributed by atoms with van der Waals surface area (Å²) in [6, 6.07) is 10.9. The summed E-state index contributed by atoms with van der Waals surface area (Å²) in [5.41, 5.74) is 9.59. The molecule has 0 atom stereocenters. The van der Waals surface area contributed by atoms with Crippen molar-refractivity contribution in [2.24, 2.45) is 12.5 Å². The van der Waals surface area contributed by atoms with Crippen LogP contribution in [0.15, 0.2) is 49.1 Å². The second-order valence-corrected chi connectivity index (χ2v) is 9.82. The first kappa shape index (κ1) is 21.1. The van der Waals surface area contributed by atoms with Crippen LogP contribution in [0.5, 0.6) is 0 Å². The highest BCUT2D eigenvalue weighted by atomic mass is 15.0. The highest BCUT2D eigenvalue weighted by Gasteiger charge is 2.19. The Labute approximate surface area is 185 Å². The van der Waals surface area contributed by atoms with E-state index in [1.165, 1.54) is 27.9 Å². The van der Waals surface area contributed by atoms with Crippen molar-refractivity contribution >= 4 is 10.9 Å². The molecule has 0 saturated carbocycles. The molecule has 4 nitrogen and oxygen atoms in total. The van der Waals surface area contributed by atoms with Crippen LogP contribution >= 0.6 is 0 Å². The minimum absolute atomic E-state index is 0.170. The first-order valence-electron chi connectivity index (χ1n) is 10.8. The minimum Gasteiger partial charge on any atom is -0.241 e. The summed E-state index contributed by atoms with van der Waals surface area (Å²) in [6.45, 7) is 13.1. The summed E-state index contributed by atoms with van der Waals surface area (Å²) in [6.07, 6.45) is 6.64. The number of fused-ring (bicyclic) bond motifs is 1. The van der Waals surface area contributed by atoms with E-state index < -0.39 is 0 Å². The molecular weight excluding hydrogens is 380 g/mol. The number of aryl methyl sites for hydroxylation is 3. The van der Waals surface area contributed by atoms with Crippen LogP contribution in [-0.2, 0) is 13.5 Å². The molecule has 0 radical (unpaired) electrons. The van der Waals surface area contributed by atoms with E-state index in [0.29, 0.717) is 0 Å². The molecule has 0 aliphatic rings. The third-order valence-electron chi connectivity index (χ3n) is 5.77. The molecule has 0 aliphatic carbocycles. The highest BCUT2D eigenvalue weighted by molar-refractivity contribution is 5.94. The second-order valence-electron chi connectivity index (χ2n) is 9.82. The van der Waals surface area contributed by atoms with E-state index in [1.807, 2.05) is 18.7 Å². The lowest BCUT2D eigenvalue weighted by atomic mass is 9.92. The number of nitrogens with zero attached hydrogens (tertiary/aromatic N) is 4. The zero-order valence-corrected chi connectivity index (χ0v) is 19.6. The topological polar surface area (TPSA) is 42.6 Å². The number of rotatable bonds is 3. The fourth-order valence-corrected chi connectivity index (χ4v) is 4.10. The molecule has 0 amide bonds. The molecule has 2 aromatic carbocycles. The average Bonchev–Trinajstić information content (AvgIpc) is 2.70. The fraction of sp³-hybridized carbons (Fsp3) is 0.333. The van der Waals surface area contributed by atoms with E-state index in [9.17, 15) is 0 Å². The van der Waals surface area contributed by atoms with Crippen molar-refractivity contribution in [3.63, 3.8) is 0 Å². The van der Waals surface area contributed by atoms with Gasteiger partial charge in [0.05, 0.1) is 12.4 Å². The smallest absolute Gasteiger partial charge is 0.241 e. The van der Waals surface area contributed by atoms with Gasteiger partial charge >= 0.3 is 0 Å². The lowest BCUT2D eigenvalue weighted by Gasteiger charge is -2.16. The van der Waals surface area contributed by atoms with Crippen molar-refractivity contribution in [2.75, 3.05) is 0 Å². The van der Waals surface area contributed by atoms with Gasteiger partial charge in [0.2, 0.25) is 0 Å². The average molecular weight is 412 g/mol. The van der Waals surface area contributed by atoms with Gasteiger partial charge in [-0.2, -0.15) is 0 Å². The first-order valence-corrected chi connectivity index (χ1v) is 10.8. The Balaban J connectivity index is 1.86. The maximum Gasteiger partial charge on any atom is 0.287 e. The molecule has 0 saturated heterocycles. The quantitative estimate of drug-likeness (QED) is 0.406. The Morgan fingerprint density at radius 1 is 0.871 bits per heavy atom. The van der Waals surface area contributed by atoms with E-state index in [1.54, 1.807) is 0 Å². The van der Waals surface area contributed by atoms with Crippen molar-refractivity contribution < 1.29 is 4.57 Å². The van der Waals surface area contributed by atoms with Gasteiger partial charge in [0.15, 0.2) is 5.52 Å². The first-order chi connectivity index (χ1) is 14.6.